The van der Waals surface area contributed by atoms with Crippen molar-refractivity contribution in [3.8, 4) is 0 Å². The fourth-order valence-electron chi connectivity index (χ4n) is 2.10. The molecule has 0 spiro atoms. The molecular weight excluding hydrogens is 202 g/mol. The molecule has 0 fully saturated rings. The Hall–Kier alpha value is -1.41. The van der Waals surface area contributed by atoms with Gasteiger partial charge in [-0.25, -0.2) is 4.98 Å². The number of thiazole rings is 1. The van der Waals surface area contributed by atoms with Crippen LogP contribution in [0.5, 0.6) is 0 Å². The standard InChI is InChI=1S/C13H11NS/c1-9-11-5-3-2-4-10(11)6-7-12-13(9)14-8-15-12/h2-5,8H,1,6-7H2. The number of hydrogen-bond donors (Lipinski definition) is 0. The van der Waals surface area contributed by atoms with E-state index in [1.54, 1.807) is 11.3 Å². The normalized spacial score (nSPS) is 14.3. The molecule has 1 aliphatic carbocycles. The van der Waals surface area contributed by atoms with Gasteiger partial charge >= 0.3 is 0 Å². The summed E-state index contributed by atoms with van der Waals surface area (Å²) in [5, 5.41) is 0. The maximum absolute atomic E-state index is 4.42. The van der Waals surface area contributed by atoms with E-state index in [4.69, 9.17) is 0 Å². The highest BCUT2D eigenvalue weighted by Gasteiger charge is 2.17. The van der Waals surface area contributed by atoms with Crippen LogP contribution in [0.3, 0.4) is 0 Å². The van der Waals surface area contributed by atoms with E-state index in [2.05, 4.69) is 35.8 Å². The summed E-state index contributed by atoms with van der Waals surface area (Å²) in [4.78, 5) is 5.79. The minimum absolute atomic E-state index is 1.08. The van der Waals surface area contributed by atoms with E-state index < -0.39 is 0 Å². The maximum Gasteiger partial charge on any atom is 0.0843 e. The lowest BCUT2D eigenvalue weighted by molar-refractivity contribution is 0.982. The van der Waals surface area contributed by atoms with Crippen molar-refractivity contribution < 1.29 is 0 Å². The summed E-state index contributed by atoms with van der Waals surface area (Å²) in [7, 11) is 0. The molecule has 15 heavy (non-hydrogen) atoms. The van der Waals surface area contributed by atoms with Gasteiger partial charge in [0, 0.05) is 10.5 Å². The van der Waals surface area contributed by atoms with Crippen LogP contribution in [0.2, 0.25) is 0 Å². The van der Waals surface area contributed by atoms with E-state index in [0.29, 0.717) is 0 Å². The van der Waals surface area contributed by atoms with Gasteiger partial charge in [0.25, 0.3) is 0 Å². The highest BCUT2D eigenvalue weighted by molar-refractivity contribution is 7.09. The van der Waals surface area contributed by atoms with E-state index in [-0.39, 0.29) is 0 Å². The number of fused-ring (bicyclic) bond motifs is 2. The van der Waals surface area contributed by atoms with E-state index in [1.807, 2.05) is 5.51 Å². The third-order valence-corrected chi connectivity index (χ3v) is 3.78. The second-order valence-electron chi connectivity index (χ2n) is 3.76. The fourth-order valence-corrected chi connectivity index (χ4v) is 2.90. The largest absolute Gasteiger partial charge is 0.244 e. The molecule has 0 unspecified atom stereocenters. The summed E-state index contributed by atoms with van der Waals surface area (Å²) in [6.07, 6.45) is 2.19. The molecule has 0 amide bonds. The zero-order valence-electron chi connectivity index (χ0n) is 8.36. The van der Waals surface area contributed by atoms with Crippen LogP contribution in [0.1, 0.15) is 21.7 Å². The Kier molecular flexibility index (Phi) is 1.96. The average Bonchev–Trinajstić information content (AvgIpc) is 2.69. The SMILES string of the molecule is C=C1c2ccccc2CCc2scnc21. The van der Waals surface area contributed by atoms with Crippen molar-refractivity contribution in [2.75, 3.05) is 0 Å². The lowest BCUT2D eigenvalue weighted by Crippen LogP contribution is -1.90. The van der Waals surface area contributed by atoms with Crippen LogP contribution in [-0.4, -0.2) is 4.98 Å². The molecule has 0 radical (unpaired) electrons. The van der Waals surface area contributed by atoms with Crippen LogP contribution in [0.15, 0.2) is 36.4 Å². The number of nitrogens with zero attached hydrogens (tertiary/aromatic N) is 1. The van der Waals surface area contributed by atoms with Gasteiger partial charge in [-0.15, -0.1) is 11.3 Å². The number of hydrogen-bond acceptors (Lipinski definition) is 2. The van der Waals surface area contributed by atoms with Gasteiger partial charge in [-0.2, -0.15) is 0 Å². The Morgan fingerprint density at radius 1 is 1.20 bits per heavy atom. The zero-order valence-corrected chi connectivity index (χ0v) is 9.18. The van der Waals surface area contributed by atoms with Crippen LogP contribution in [-0.2, 0) is 12.8 Å². The molecule has 0 saturated heterocycles. The Morgan fingerprint density at radius 2 is 2.07 bits per heavy atom. The molecule has 1 aliphatic rings. The van der Waals surface area contributed by atoms with E-state index in [9.17, 15) is 0 Å². The number of aromatic nitrogens is 1. The molecular formula is C13H11NS. The summed E-state index contributed by atoms with van der Waals surface area (Å²) in [5.41, 5.74) is 6.77. The lowest BCUT2D eigenvalue weighted by Gasteiger charge is -2.05. The van der Waals surface area contributed by atoms with E-state index in [1.165, 1.54) is 16.0 Å². The molecule has 0 bridgehead atoms. The van der Waals surface area contributed by atoms with Gasteiger partial charge in [0.1, 0.15) is 0 Å². The molecule has 1 nitrogen and oxygen atoms in total. The van der Waals surface area contributed by atoms with Crippen molar-refractivity contribution >= 4 is 16.9 Å². The fraction of sp³-hybridized carbons (Fsp3) is 0.154. The van der Waals surface area contributed by atoms with Gasteiger partial charge in [-0.1, -0.05) is 30.8 Å². The predicted molar refractivity (Wildman–Crippen MR) is 64.1 cm³/mol. The van der Waals surface area contributed by atoms with Gasteiger partial charge in [0.15, 0.2) is 0 Å². The topological polar surface area (TPSA) is 12.9 Å². The van der Waals surface area contributed by atoms with E-state index in [0.717, 1.165) is 24.1 Å². The predicted octanol–water partition coefficient (Wildman–Crippen LogP) is 3.30. The first-order chi connectivity index (χ1) is 7.36. The monoisotopic (exact) mass is 213 g/mol. The smallest absolute Gasteiger partial charge is 0.0843 e. The summed E-state index contributed by atoms with van der Waals surface area (Å²) in [6.45, 7) is 4.17. The highest BCUT2D eigenvalue weighted by atomic mass is 32.1. The maximum atomic E-state index is 4.42. The van der Waals surface area contributed by atoms with Gasteiger partial charge in [-0.3, -0.25) is 0 Å². The first kappa shape index (κ1) is 8.86. The Labute approximate surface area is 93.1 Å². The second-order valence-corrected chi connectivity index (χ2v) is 4.70. The van der Waals surface area contributed by atoms with Crippen molar-refractivity contribution in [2.45, 2.75) is 12.8 Å². The molecule has 1 heterocycles. The van der Waals surface area contributed by atoms with Gasteiger partial charge in [-0.05, 0) is 24.0 Å². The molecule has 1 aromatic heterocycles. The van der Waals surface area contributed by atoms with Crippen molar-refractivity contribution in [3.05, 3.63) is 58.1 Å². The molecule has 1 aromatic carbocycles. The van der Waals surface area contributed by atoms with E-state index >= 15 is 0 Å². The third kappa shape index (κ3) is 1.33. The van der Waals surface area contributed by atoms with Gasteiger partial charge in [0.2, 0.25) is 0 Å². The van der Waals surface area contributed by atoms with Crippen LogP contribution in [0, 0.1) is 0 Å². The Morgan fingerprint density at radius 3 is 3.00 bits per heavy atom. The summed E-state index contributed by atoms with van der Waals surface area (Å²) in [5.74, 6) is 0. The Balaban J connectivity index is 2.22. The average molecular weight is 213 g/mol. The summed E-state index contributed by atoms with van der Waals surface area (Å²) < 4.78 is 0. The van der Waals surface area contributed by atoms with Crippen molar-refractivity contribution in [2.24, 2.45) is 0 Å². The van der Waals surface area contributed by atoms with Crippen LogP contribution in [0.25, 0.3) is 5.57 Å². The molecule has 3 rings (SSSR count). The lowest BCUT2D eigenvalue weighted by atomic mass is 10.00. The third-order valence-electron chi connectivity index (χ3n) is 2.89. The molecule has 0 N–H and O–H groups in total. The zero-order chi connectivity index (χ0) is 10.3. The first-order valence-electron chi connectivity index (χ1n) is 5.06. The first-order valence-corrected chi connectivity index (χ1v) is 5.94. The number of aryl methyl sites for hydroxylation is 2. The van der Waals surface area contributed by atoms with Crippen LogP contribution < -0.4 is 0 Å². The number of rotatable bonds is 0. The second kappa shape index (κ2) is 3.31. The number of benzene rings is 1. The molecule has 74 valence electrons. The minimum Gasteiger partial charge on any atom is -0.244 e. The molecule has 0 atom stereocenters. The highest BCUT2D eigenvalue weighted by Crippen LogP contribution is 2.32. The van der Waals surface area contributed by atoms with Crippen LogP contribution in [0.4, 0.5) is 0 Å². The summed E-state index contributed by atoms with van der Waals surface area (Å²) >= 11 is 1.74. The van der Waals surface area contributed by atoms with Crippen molar-refractivity contribution in [1.82, 2.24) is 4.98 Å². The molecule has 0 saturated carbocycles. The molecule has 2 heteroatoms. The van der Waals surface area contributed by atoms with Crippen molar-refractivity contribution in [1.29, 1.82) is 0 Å². The van der Waals surface area contributed by atoms with Gasteiger partial charge in [0.05, 0.1) is 11.2 Å². The minimum atomic E-state index is 1.08. The molecule has 0 aliphatic heterocycles. The quantitative estimate of drug-likeness (QED) is 0.654. The Bertz CT molecular complexity index is 525. The molecule has 2 aromatic rings. The van der Waals surface area contributed by atoms with Crippen LogP contribution >= 0.6 is 11.3 Å². The van der Waals surface area contributed by atoms with Gasteiger partial charge < -0.3 is 0 Å². The summed E-state index contributed by atoms with van der Waals surface area (Å²) in [6, 6.07) is 8.50. The van der Waals surface area contributed by atoms with Crippen molar-refractivity contribution in [3.63, 3.8) is 0 Å².